The average molecular weight is 316 g/mol. The zero-order valence-electron chi connectivity index (χ0n) is 1.58. The van der Waals surface area contributed by atoms with E-state index in [9.17, 15) is 0 Å². The van der Waals surface area contributed by atoms with Crippen LogP contribution >= 0.6 is 0 Å². The van der Waals surface area contributed by atoms with Crippen molar-refractivity contribution >= 4 is 0 Å². The first kappa shape index (κ1) is 51.5. The molecule has 0 nitrogen and oxygen atoms in total. The molecule has 1 radical (unpaired) electrons. The molecule has 0 amide bonds. The summed E-state index contributed by atoms with van der Waals surface area (Å²) in [6.45, 7) is 0. The van der Waals surface area contributed by atoms with Gasteiger partial charge in [-0.1, -0.05) is 7.43 Å². The predicted molar refractivity (Wildman–Crippen MR) is 6.73 cm³/mol. The van der Waals surface area contributed by atoms with Crippen molar-refractivity contribution in [3.63, 3.8) is 0 Å². The van der Waals surface area contributed by atoms with E-state index in [1.54, 1.807) is 0 Å². The molecule has 0 aliphatic heterocycles. The van der Waals surface area contributed by atoms with Gasteiger partial charge >= 0.3 is 0 Å². The first-order valence-corrected chi connectivity index (χ1v) is 0. The quantitative estimate of drug-likeness (QED) is 0.575. The molecule has 0 saturated carbocycles. The van der Waals surface area contributed by atoms with Crippen molar-refractivity contribution in [2.24, 2.45) is 0 Å². The number of hydrogen-bond acceptors (Lipinski definition) is 0. The van der Waals surface area contributed by atoms with Crippen LogP contribution < -0.4 is 0 Å². The minimum Gasteiger partial charge on any atom is -0.0776 e. The Balaban J connectivity index is 0. The first-order valence-electron chi connectivity index (χ1n) is 0. The van der Waals surface area contributed by atoms with Crippen LogP contribution in [0.3, 0.4) is 0 Å². The molecular weight excluding hydrogens is 312 g/mol. The third-order valence-corrected chi connectivity index (χ3v) is 0. The van der Waals surface area contributed by atoms with Gasteiger partial charge in [0.25, 0.3) is 0 Å². The van der Waals surface area contributed by atoms with Gasteiger partial charge in [-0.3, -0.25) is 0 Å². The molecule has 5 heavy (non-hydrogen) atoms. The van der Waals surface area contributed by atoms with Gasteiger partial charge in [0.05, 0.1) is 0 Å². The zero-order valence-corrected chi connectivity index (χ0v) is 8.05. The minimum absolute atomic E-state index is 0. The second kappa shape index (κ2) is 31.9. The normalized spacial score (nSPS) is 0. The molecule has 0 rings (SSSR count). The monoisotopic (exact) mass is 317 g/mol. The SMILES string of the molecule is C.[Cr].[Mo].[Nb].[Ni]. The van der Waals surface area contributed by atoms with E-state index in [-0.39, 0.29) is 84.7 Å². The standard InChI is InChI=1S/CH4.Cr.Mo.Nb.Ni/h1H4;;;;. The van der Waals surface area contributed by atoms with Gasteiger partial charge in [-0.15, -0.1) is 0 Å². The summed E-state index contributed by atoms with van der Waals surface area (Å²) in [5.74, 6) is 0. The van der Waals surface area contributed by atoms with E-state index in [1.807, 2.05) is 0 Å². The molecule has 0 aliphatic rings. The fourth-order valence-corrected chi connectivity index (χ4v) is 0. The van der Waals surface area contributed by atoms with Gasteiger partial charge in [-0.2, -0.15) is 0 Å². The van der Waals surface area contributed by atoms with Crippen molar-refractivity contribution in [1.29, 1.82) is 0 Å². The Hall–Kier alpha value is 2.45. The predicted octanol–water partition coefficient (Wildman–Crippen LogP) is 0.626. The third kappa shape index (κ3) is 21.3. The molecule has 0 unspecified atom stereocenters. The summed E-state index contributed by atoms with van der Waals surface area (Å²) in [7, 11) is 0. The van der Waals surface area contributed by atoms with Gasteiger partial charge in [-0.05, 0) is 0 Å². The van der Waals surface area contributed by atoms with Gasteiger partial charge < -0.3 is 0 Å². The Labute approximate surface area is 83.7 Å². The summed E-state index contributed by atoms with van der Waals surface area (Å²) in [5.41, 5.74) is 0. The zero-order chi connectivity index (χ0) is 0. The second-order valence-corrected chi connectivity index (χ2v) is 0. The van der Waals surface area contributed by atoms with Crippen LogP contribution in [0.4, 0.5) is 0 Å². The fourth-order valence-electron chi connectivity index (χ4n) is 0. The molecule has 35 valence electrons. The Morgan fingerprint density at radius 2 is 1.00 bits per heavy atom. The average Bonchev–Trinajstić information content (AvgIpc) is 0. The van der Waals surface area contributed by atoms with Gasteiger partial charge in [0.15, 0.2) is 0 Å². The maximum atomic E-state index is 0. The van der Waals surface area contributed by atoms with Crippen molar-refractivity contribution in [1.82, 2.24) is 0 Å². The minimum atomic E-state index is 0. The topological polar surface area (TPSA) is 0 Å². The summed E-state index contributed by atoms with van der Waals surface area (Å²) in [6, 6.07) is 0. The Bertz CT molecular complexity index is 11.6. The molecule has 4 heteroatoms. The summed E-state index contributed by atoms with van der Waals surface area (Å²) < 4.78 is 0. The summed E-state index contributed by atoms with van der Waals surface area (Å²) >= 11 is 0. The van der Waals surface area contributed by atoms with Crippen LogP contribution in [0.15, 0.2) is 0 Å². The summed E-state index contributed by atoms with van der Waals surface area (Å²) in [4.78, 5) is 0. The maximum absolute atomic E-state index is 0. The molecule has 0 aromatic rings. The Kier molecular flexibility index (Phi) is 329. The van der Waals surface area contributed by atoms with E-state index in [0.717, 1.165) is 0 Å². The second-order valence-electron chi connectivity index (χ2n) is 0. The molecular formula is CH4CrMoNbNi. The van der Waals surface area contributed by atoms with Crippen molar-refractivity contribution < 1.29 is 77.3 Å². The number of rotatable bonds is 0. The van der Waals surface area contributed by atoms with Crippen LogP contribution in [-0.4, -0.2) is 0 Å². The van der Waals surface area contributed by atoms with Crippen LogP contribution in [0, 0.1) is 0 Å². The third-order valence-electron chi connectivity index (χ3n) is 0. The van der Waals surface area contributed by atoms with E-state index in [0.29, 0.717) is 0 Å². The summed E-state index contributed by atoms with van der Waals surface area (Å²) in [6.07, 6.45) is 0. The molecule has 0 aromatic heterocycles. The number of hydrogen-bond donors (Lipinski definition) is 0. The van der Waals surface area contributed by atoms with Crippen LogP contribution in [0.25, 0.3) is 0 Å². The van der Waals surface area contributed by atoms with Gasteiger partial charge in [0.1, 0.15) is 0 Å². The largest absolute Gasteiger partial charge is 0.0776 e. The smallest absolute Gasteiger partial charge is 0 e. The molecule has 0 aromatic carbocycles. The van der Waals surface area contributed by atoms with E-state index in [2.05, 4.69) is 0 Å². The Morgan fingerprint density at radius 1 is 1.00 bits per heavy atom. The van der Waals surface area contributed by atoms with Crippen LogP contribution in [0.1, 0.15) is 7.43 Å². The molecule has 0 aliphatic carbocycles. The van der Waals surface area contributed by atoms with Crippen LogP contribution in [-0.2, 0) is 77.3 Å². The van der Waals surface area contributed by atoms with Gasteiger partial charge in [0.2, 0.25) is 0 Å². The van der Waals surface area contributed by atoms with Gasteiger partial charge in [0, 0.05) is 77.3 Å². The molecule has 0 bridgehead atoms. The van der Waals surface area contributed by atoms with E-state index in [4.69, 9.17) is 0 Å². The van der Waals surface area contributed by atoms with Crippen molar-refractivity contribution in [2.75, 3.05) is 0 Å². The molecule has 0 spiro atoms. The summed E-state index contributed by atoms with van der Waals surface area (Å²) in [5, 5.41) is 0. The molecule has 0 N–H and O–H groups in total. The molecule has 0 atom stereocenters. The first-order chi connectivity index (χ1) is 0. The fraction of sp³-hybridized carbons (Fsp3) is 1.00. The van der Waals surface area contributed by atoms with Crippen LogP contribution in [0.5, 0.6) is 0 Å². The molecule has 0 heterocycles. The van der Waals surface area contributed by atoms with Crippen molar-refractivity contribution in [2.45, 2.75) is 7.43 Å². The molecule has 0 saturated heterocycles. The van der Waals surface area contributed by atoms with Crippen molar-refractivity contribution in [3.8, 4) is 0 Å². The Morgan fingerprint density at radius 3 is 1.00 bits per heavy atom. The molecule has 0 fully saturated rings. The van der Waals surface area contributed by atoms with Crippen molar-refractivity contribution in [3.05, 3.63) is 0 Å². The van der Waals surface area contributed by atoms with Crippen LogP contribution in [0.2, 0.25) is 0 Å². The maximum Gasteiger partial charge on any atom is 0 e. The van der Waals surface area contributed by atoms with E-state index >= 15 is 0 Å². The van der Waals surface area contributed by atoms with Gasteiger partial charge in [-0.25, -0.2) is 0 Å². The van der Waals surface area contributed by atoms with E-state index in [1.165, 1.54) is 0 Å². The van der Waals surface area contributed by atoms with E-state index < -0.39 is 0 Å².